The lowest BCUT2D eigenvalue weighted by Gasteiger charge is -2.02. The molecule has 0 aliphatic carbocycles. The van der Waals surface area contributed by atoms with Crippen molar-refractivity contribution < 1.29 is 14.0 Å². The van der Waals surface area contributed by atoms with Gasteiger partial charge in [-0.2, -0.15) is 0 Å². The van der Waals surface area contributed by atoms with Crippen LogP contribution in [0.2, 0.25) is 0 Å². The van der Waals surface area contributed by atoms with Crippen LogP contribution < -0.4 is 10.6 Å². The molecule has 23 heavy (non-hydrogen) atoms. The van der Waals surface area contributed by atoms with E-state index in [2.05, 4.69) is 10.6 Å². The molecule has 0 fully saturated rings. The van der Waals surface area contributed by atoms with Gasteiger partial charge in [-0.25, -0.2) is 4.39 Å². The third-order valence-electron chi connectivity index (χ3n) is 3.21. The smallest absolute Gasteiger partial charge is 0.251 e. The van der Waals surface area contributed by atoms with E-state index in [4.69, 9.17) is 0 Å². The normalized spacial score (nSPS) is 10.5. The molecule has 2 rings (SSSR count). The minimum absolute atomic E-state index is 0.155. The van der Waals surface area contributed by atoms with Crippen molar-refractivity contribution in [3.8, 4) is 0 Å². The third-order valence-corrected chi connectivity index (χ3v) is 3.21. The van der Waals surface area contributed by atoms with Crippen molar-refractivity contribution in [3.05, 3.63) is 77.1 Å². The standard InChI is InChI=1S/C18H17FN2O2/c1-20-18(23)15-7-2-13(3-8-15)6-11-17(22)21-12-14-4-9-16(19)10-5-14/h2-11H,12H2,1H3,(H,20,23)(H,21,22)/b11-6+. The summed E-state index contributed by atoms with van der Waals surface area (Å²) in [7, 11) is 1.57. The first-order chi connectivity index (χ1) is 11.1. The fraction of sp³-hybridized carbons (Fsp3) is 0.111. The number of hydrogen-bond donors (Lipinski definition) is 2. The lowest BCUT2D eigenvalue weighted by Crippen LogP contribution is -2.20. The van der Waals surface area contributed by atoms with Gasteiger partial charge in [0.1, 0.15) is 5.82 Å². The molecule has 2 N–H and O–H groups in total. The van der Waals surface area contributed by atoms with Crippen LogP contribution >= 0.6 is 0 Å². The van der Waals surface area contributed by atoms with Crippen LogP contribution in [0.15, 0.2) is 54.6 Å². The van der Waals surface area contributed by atoms with Crippen molar-refractivity contribution in [2.24, 2.45) is 0 Å². The zero-order valence-electron chi connectivity index (χ0n) is 12.7. The summed E-state index contributed by atoms with van der Waals surface area (Å²) in [6.45, 7) is 0.332. The monoisotopic (exact) mass is 312 g/mol. The number of nitrogens with one attached hydrogen (secondary N) is 2. The Morgan fingerprint density at radius 2 is 1.70 bits per heavy atom. The average Bonchev–Trinajstić information content (AvgIpc) is 2.59. The molecule has 2 aromatic carbocycles. The highest BCUT2D eigenvalue weighted by Gasteiger charge is 2.01. The molecule has 0 saturated carbocycles. The number of hydrogen-bond acceptors (Lipinski definition) is 2. The Labute approximate surface area is 134 Å². The van der Waals surface area contributed by atoms with Gasteiger partial charge >= 0.3 is 0 Å². The summed E-state index contributed by atoms with van der Waals surface area (Å²) in [6, 6.07) is 12.8. The number of benzene rings is 2. The molecule has 0 atom stereocenters. The van der Waals surface area contributed by atoms with Gasteiger partial charge in [0.2, 0.25) is 5.91 Å². The summed E-state index contributed by atoms with van der Waals surface area (Å²) in [6.07, 6.45) is 3.08. The van der Waals surface area contributed by atoms with Gasteiger partial charge < -0.3 is 10.6 Å². The van der Waals surface area contributed by atoms with Crippen LogP contribution in [-0.4, -0.2) is 18.9 Å². The van der Waals surface area contributed by atoms with Crippen LogP contribution in [-0.2, 0) is 11.3 Å². The van der Waals surface area contributed by atoms with Crippen LogP contribution in [0.3, 0.4) is 0 Å². The van der Waals surface area contributed by atoms with Gasteiger partial charge in [-0.1, -0.05) is 24.3 Å². The van der Waals surface area contributed by atoms with Gasteiger partial charge in [0, 0.05) is 25.2 Å². The molecule has 0 bridgehead atoms. The SMILES string of the molecule is CNC(=O)c1ccc(/C=C/C(=O)NCc2ccc(F)cc2)cc1. The van der Waals surface area contributed by atoms with E-state index in [0.717, 1.165) is 11.1 Å². The largest absolute Gasteiger partial charge is 0.355 e. The summed E-state index contributed by atoms with van der Waals surface area (Å²) >= 11 is 0. The molecule has 5 heteroatoms. The maximum atomic E-state index is 12.8. The van der Waals surface area contributed by atoms with Gasteiger partial charge in [-0.05, 0) is 41.5 Å². The third kappa shape index (κ3) is 5.07. The topological polar surface area (TPSA) is 58.2 Å². The van der Waals surface area contributed by atoms with E-state index in [1.54, 1.807) is 49.5 Å². The lowest BCUT2D eigenvalue weighted by molar-refractivity contribution is -0.116. The highest BCUT2D eigenvalue weighted by atomic mass is 19.1. The highest BCUT2D eigenvalue weighted by molar-refractivity contribution is 5.94. The zero-order valence-corrected chi connectivity index (χ0v) is 12.7. The van der Waals surface area contributed by atoms with Crippen LogP contribution in [0.5, 0.6) is 0 Å². The van der Waals surface area contributed by atoms with E-state index in [-0.39, 0.29) is 17.6 Å². The minimum Gasteiger partial charge on any atom is -0.355 e. The van der Waals surface area contributed by atoms with Crippen molar-refractivity contribution in [3.63, 3.8) is 0 Å². The summed E-state index contributed by atoms with van der Waals surface area (Å²) in [5.74, 6) is -0.706. The molecular weight excluding hydrogens is 295 g/mol. The second kappa shape index (κ2) is 7.89. The predicted molar refractivity (Wildman–Crippen MR) is 87.1 cm³/mol. The van der Waals surface area contributed by atoms with E-state index < -0.39 is 0 Å². The van der Waals surface area contributed by atoms with Crippen molar-refractivity contribution in [1.29, 1.82) is 0 Å². The number of carbonyl (C=O) groups excluding carboxylic acids is 2. The van der Waals surface area contributed by atoms with Crippen LogP contribution in [0, 0.1) is 5.82 Å². The summed E-state index contributed by atoms with van der Waals surface area (Å²) in [5.41, 5.74) is 2.20. The summed E-state index contributed by atoms with van der Waals surface area (Å²) in [5, 5.41) is 5.26. The van der Waals surface area contributed by atoms with Gasteiger partial charge in [-0.15, -0.1) is 0 Å². The molecule has 2 aromatic rings. The van der Waals surface area contributed by atoms with Gasteiger partial charge in [-0.3, -0.25) is 9.59 Å². The molecule has 0 aliphatic rings. The van der Waals surface area contributed by atoms with Crippen LogP contribution in [0.4, 0.5) is 4.39 Å². The van der Waals surface area contributed by atoms with Crippen molar-refractivity contribution in [2.45, 2.75) is 6.54 Å². The number of halogens is 1. The average molecular weight is 312 g/mol. The van der Waals surface area contributed by atoms with Gasteiger partial charge in [0.15, 0.2) is 0 Å². The van der Waals surface area contributed by atoms with Crippen molar-refractivity contribution in [1.82, 2.24) is 10.6 Å². The highest BCUT2D eigenvalue weighted by Crippen LogP contribution is 2.06. The first-order valence-corrected chi connectivity index (χ1v) is 7.11. The minimum atomic E-state index is -0.305. The molecule has 0 aliphatic heterocycles. The second-order valence-corrected chi connectivity index (χ2v) is 4.88. The predicted octanol–water partition coefficient (Wildman–Crippen LogP) is 2.51. The molecule has 0 spiro atoms. The molecule has 0 aromatic heterocycles. The summed E-state index contributed by atoms with van der Waals surface area (Å²) < 4.78 is 12.8. The Kier molecular flexibility index (Phi) is 5.63. The maximum Gasteiger partial charge on any atom is 0.251 e. The number of carbonyl (C=O) groups is 2. The first kappa shape index (κ1) is 16.4. The van der Waals surface area contributed by atoms with Gasteiger partial charge in [0.05, 0.1) is 0 Å². The van der Waals surface area contributed by atoms with E-state index in [9.17, 15) is 14.0 Å². The fourth-order valence-corrected chi connectivity index (χ4v) is 1.91. The van der Waals surface area contributed by atoms with E-state index in [0.29, 0.717) is 12.1 Å². The number of rotatable bonds is 5. The molecule has 118 valence electrons. The quantitative estimate of drug-likeness (QED) is 0.834. The maximum absolute atomic E-state index is 12.8. The second-order valence-electron chi connectivity index (χ2n) is 4.88. The molecule has 2 amide bonds. The Bertz CT molecular complexity index is 707. The van der Waals surface area contributed by atoms with Gasteiger partial charge in [0.25, 0.3) is 5.91 Å². The molecular formula is C18H17FN2O2. The number of amides is 2. The lowest BCUT2D eigenvalue weighted by atomic mass is 10.1. The molecule has 0 heterocycles. The molecule has 4 nitrogen and oxygen atoms in total. The fourth-order valence-electron chi connectivity index (χ4n) is 1.91. The molecule has 0 radical (unpaired) electrons. The van der Waals surface area contributed by atoms with Crippen LogP contribution in [0.1, 0.15) is 21.5 Å². The van der Waals surface area contributed by atoms with Crippen molar-refractivity contribution >= 4 is 17.9 Å². The van der Waals surface area contributed by atoms with E-state index in [1.165, 1.54) is 18.2 Å². The van der Waals surface area contributed by atoms with Crippen LogP contribution in [0.25, 0.3) is 6.08 Å². The van der Waals surface area contributed by atoms with E-state index >= 15 is 0 Å². The molecule has 0 saturated heterocycles. The van der Waals surface area contributed by atoms with E-state index in [1.807, 2.05) is 0 Å². The Balaban J connectivity index is 1.88. The first-order valence-electron chi connectivity index (χ1n) is 7.11. The Morgan fingerprint density at radius 3 is 2.30 bits per heavy atom. The Hall–Kier alpha value is -2.95. The van der Waals surface area contributed by atoms with Crippen molar-refractivity contribution in [2.75, 3.05) is 7.05 Å². The Morgan fingerprint density at radius 1 is 1.04 bits per heavy atom. The summed E-state index contributed by atoms with van der Waals surface area (Å²) in [4.78, 5) is 23.2. The zero-order chi connectivity index (χ0) is 16.7. The molecule has 0 unspecified atom stereocenters.